The molecular weight excluding hydrogens is 272 g/mol. The first-order valence-electron chi connectivity index (χ1n) is 7.22. The van der Waals surface area contributed by atoms with Crippen molar-refractivity contribution in [2.24, 2.45) is 0 Å². The van der Waals surface area contributed by atoms with Crippen molar-refractivity contribution in [3.63, 3.8) is 0 Å². The molecule has 0 radical (unpaired) electrons. The highest BCUT2D eigenvalue weighted by molar-refractivity contribution is 7.86. The molecule has 3 nitrogen and oxygen atoms in total. The normalized spacial score (nSPS) is 11.4. The highest BCUT2D eigenvalue weighted by Crippen LogP contribution is 2.19. The smallest absolute Gasteiger partial charge is 0.266 e. The second kappa shape index (κ2) is 8.93. The minimum atomic E-state index is -3.67. The van der Waals surface area contributed by atoms with Crippen LogP contribution in [0.2, 0.25) is 0 Å². The topological polar surface area (TPSA) is 43.4 Å². The Morgan fingerprint density at radius 1 is 1.10 bits per heavy atom. The number of rotatable bonds is 10. The van der Waals surface area contributed by atoms with E-state index in [1.807, 2.05) is 0 Å². The van der Waals surface area contributed by atoms with Crippen LogP contribution in [0.25, 0.3) is 6.08 Å². The quantitative estimate of drug-likeness (QED) is 0.475. The maximum Gasteiger partial charge on any atom is 0.297 e. The molecule has 20 heavy (non-hydrogen) atoms. The van der Waals surface area contributed by atoms with E-state index in [1.165, 1.54) is 25.3 Å². The number of hydrogen-bond donors (Lipinski definition) is 0. The molecule has 0 saturated heterocycles. The molecule has 0 N–H and O–H groups in total. The van der Waals surface area contributed by atoms with E-state index in [0.29, 0.717) is 5.56 Å². The van der Waals surface area contributed by atoms with E-state index in [2.05, 4.69) is 13.5 Å². The van der Waals surface area contributed by atoms with Crippen molar-refractivity contribution >= 4 is 16.2 Å². The highest BCUT2D eigenvalue weighted by Gasteiger charge is 2.17. The zero-order valence-corrected chi connectivity index (χ0v) is 13.0. The minimum absolute atomic E-state index is 0.195. The number of benzene rings is 1. The van der Waals surface area contributed by atoms with Gasteiger partial charge in [-0.3, -0.25) is 4.18 Å². The van der Waals surface area contributed by atoms with Gasteiger partial charge in [-0.05, 0) is 18.1 Å². The number of hydrogen-bond acceptors (Lipinski definition) is 3. The largest absolute Gasteiger partial charge is 0.297 e. The second-order valence-corrected chi connectivity index (χ2v) is 6.37. The Bertz CT molecular complexity index is 506. The molecule has 0 heterocycles. The van der Waals surface area contributed by atoms with Gasteiger partial charge < -0.3 is 0 Å². The fourth-order valence-corrected chi connectivity index (χ4v) is 3.14. The third-order valence-electron chi connectivity index (χ3n) is 3.14. The zero-order chi connectivity index (χ0) is 14.8. The average Bonchev–Trinajstić information content (AvgIpc) is 2.46. The SMILES string of the molecule is C=Cc1ccccc1S(=O)(=O)OCCCCCCCC. The summed E-state index contributed by atoms with van der Waals surface area (Å²) in [7, 11) is -3.67. The summed E-state index contributed by atoms with van der Waals surface area (Å²) in [6.07, 6.45) is 8.12. The van der Waals surface area contributed by atoms with Crippen LogP contribution in [0.3, 0.4) is 0 Å². The summed E-state index contributed by atoms with van der Waals surface area (Å²) < 4.78 is 29.2. The minimum Gasteiger partial charge on any atom is -0.266 e. The fourth-order valence-electron chi connectivity index (χ4n) is 1.99. The van der Waals surface area contributed by atoms with Gasteiger partial charge in [0.2, 0.25) is 0 Å². The average molecular weight is 296 g/mol. The van der Waals surface area contributed by atoms with E-state index in [4.69, 9.17) is 4.18 Å². The molecule has 1 rings (SSSR count). The molecule has 0 aliphatic rings. The lowest BCUT2D eigenvalue weighted by Gasteiger charge is -2.08. The molecule has 0 unspecified atom stereocenters. The Kier molecular flexibility index (Phi) is 7.55. The first-order chi connectivity index (χ1) is 9.61. The first kappa shape index (κ1) is 16.9. The summed E-state index contributed by atoms with van der Waals surface area (Å²) in [5.41, 5.74) is 0.579. The van der Waals surface area contributed by atoms with Gasteiger partial charge in [-0.15, -0.1) is 0 Å². The molecule has 0 aromatic heterocycles. The van der Waals surface area contributed by atoms with Crippen LogP contribution in [-0.4, -0.2) is 15.0 Å². The van der Waals surface area contributed by atoms with Gasteiger partial charge in [-0.2, -0.15) is 8.42 Å². The summed E-state index contributed by atoms with van der Waals surface area (Å²) in [5, 5.41) is 0. The van der Waals surface area contributed by atoms with E-state index in [0.717, 1.165) is 19.3 Å². The second-order valence-electron chi connectivity index (χ2n) is 4.79. The standard InChI is InChI=1S/C16H24O3S/c1-3-5-6-7-8-11-14-19-20(17,18)16-13-10-9-12-15(16)4-2/h4,9-10,12-13H,2-3,5-8,11,14H2,1H3. The van der Waals surface area contributed by atoms with Gasteiger partial charge in [0, 0.05) is 0 Å². The van der Waals surface area contributed by atoms with Crippen molar-refractivity contribution in [1.29, 1.82) is 0 Å². The third-order valence-corrected chi connectivity index (χ3v) is 4.53. The van der Waals surface area contributed by atoms with E-state index < -0.39 is 10.1 Å². The van der Waals surface area contributed by atoms with Gasteiger partial charge in [0.25, 0.3) is 10.1 Å². The lowest BCUT2D eigenvalue weighted by molar-refractivity contribution is 0.306. The van der Waals surface area contributed by atoms with Gasteiger partial charge in [0.1, 0.15) is 4.90 Å². The predicted octanol–water partition coefficient (Wildman–Crippen LogP) is 4.40. The Labute approximate surface area is 122 Å². The first-order valence-corrected chi connectivity index (χ1v) is 8.63. The molecule has 0 spiro atoms. The maximum absolute atomic E-state index is 12.1. The van der Waals surface area contributed by atoms with Crippen LogP contribution in [0.15, 0.2) is 35.7 Å². The maximum atomic E-state index is 12.1. The van der Waals surface area contributed by atoms with Crippen molar-refractivity contribution in [1.82, 2.24) is 0 Å². The monoisotopic (exact) mass is 296 g/mol. The Balaban J connectivity index is 2.44. The molecule has 0 fully saturated rings. The van der Waals surface area contributed by atoms with Crippen LogP contribution < -0.4 is 0 Å². The van der Waals surface area contributed by atoms with E-state index in [-0.39, 0.29) is 11.5 Å². The molecule has 1 aromatic carbocycles. The van der Waals surface area contributed by atoms with Gasteiger partial charge in [-0.25, -0.2) is 0 Å². The lowest BCUT2D eigenvalue weighted by atomic mass is 10.1. The van der Waals surface area contributed by atoms with Gasteiger partial charge >= 0.3 is 0 Å². The summed E-state index contributed by atoms with van der Waals surface area (Å²) in [6.45, 7) is 6.05. The predicted molar refractivity (Wildman–Crippen MR) is 83.0 cm³/mol. The molecule has 0 atom stereocenters. The third kappa shape index (κ3) is 5.47. The molecule has 112 valence electrons. The van der Waals surface area contributed by atoms with Crippen LogP contribution in [0.4, 0.5) is 0 Å². The molecule has 0 amide bonds. The van der Waals surface area contributed by atoms with Crippen LogP contribution in [0, 0.1) is 0 Å². The van der Waals surface area contributed by atoms with Gasteiger partial charge in [-0.1, -0.05) is 69.9 Å². The van der Waals surface area contributed by atoms with Crippen molar-refractivity contribution in [3.05, 3.63) is 36.4 Å². The van der Waals surface area contributed by atoms with Crippen LogP contribution in [-0.2, 0) is 14.3 Å². The summed E-state index contributed by atoms with van der Waals surface area (Å²) in [4.78, 5) is 0.195. The fraction of sp³-hybridized carbons (Fsp3) is 0.500. The van der Waals surface area contributed by atoms with Crippen molar-refractivity contribution in [2.45, 2.75) is 50.3 Å². The van der Waals surface area contributed by atoms with Crippen molar-refractivity contribution in [2.75, 3.05) is 6.61 Å². The Morgan fingerprint density at radius 3 is 2.45 bits per heavy atom. The van der Waals surface area contributed by atoms with E-state index >= 15 is 0 Å². The van der Waals surface area contributed by atoms with Crippen molar-refractivity contribution in [3.8, 4) is 0 Å². The van der Waals surface area contributed by atoms with E-state index in [9.17, 15) is 8.42 Å². The molecular formula is C16H24O3S. The van der Waals surface area contributed by atoms with Crippen LogP contribution in [0.1, 0.15) is 51.0 Å². The summed E-state index contributed by atoms with van der Waals surface area (Å²) in [5.74, 6) is 0. The molecule has 1 aromatic rings. The van der Waals surface area contributed by atoms with Crippen molar-refractivity contribution < 1.29 is 12.6 Å². The lowest BCUT2D eigenvalue weighted by Crippen LogP contribution is -2.09. The molecule has 0 aliphatic heterocycles. The molecule has 4 heteroatoms. The Hall–Kier alpha value is -1.13. The van der Waals surface area contributed by atoms with Crippen LogP contribution in [0.5, 0.6) is 0 Å². The summed E-state index contributed by atoms with van der Waals surface area (Å²) in [6, 6.07) is 6.74. The van der Waals surface area contributed by atoms with Gasteiger partial charge in [0.15, 0.2) is 0 Å². The van der Waals surface area contributed by atoms with E-state index in [1.54, 1.807) is 24.3 Å². The molecule has 0 saturated carbocycles. The Morgan fingerprint density at radius 2 is 1.75 bits per heavy atom. The summed E-state index contributed by atoms with van der Waals surface area (Å²) >= 11 is 0. The number of unbranched alkanes of at least 4 members (excludes halogenated alkanes) is 5. The highest BCUT2D eigenvalue weighted by atomic mass is 32.2. The molecule has 0 bridgehead atoms. The zero-order valence-electron chi connectivity index (χ0n) is 12.2. The van der Waals surface area contributed by atoms with Crippen LogP contribution >= 0.6 is 0 Å². The molecule has 0 aliphatic carbocycles. The van der Waals surface area contributed by atoms with Gasteiger partial charge in [0.05, 0.1) is 6.61 Å².